The Bertz CT molecular complexity index is 1130. The van der Waals surface area contributed by atoms with Crippen LogP contribution in [0.3, 0.4) is 0 Å². The van der Waals surface area contributed by atoms with Crippen molar-refractivity contribution >= 4 is 46.5 Å². The number of carbonyl (C=O) groups is 4. The minimum atomic E-state index is -0.727. The van der Waals surface area contributed by atoms with Crippen LogP contribution in [0.4, 0.5) is 16.2 Å². The van der Waals surface area contributed by atoms with Gasteiger partial charge in [0.25, 0.3) is 5.91 Å². The van der Waals surface area contributed by atoms with Crippen molar-refractivity contribution in [1.82, 2.24) is 15.8 Å². The Morgan fingerprint density at radius 2 is 1.52 bits per heavy atom. The Morgan fingerprint density at radius 3 is 2.15 bits per heavy atom. The van der Waals surface area contributed by atoms with Crippen LogP contribution < -0.4 is 21.5 Å². The SMILES string of the molecule is Cc1csc(CC(=O)NNC(=O)COC(=O)c2ccc(NC(=O)Nc3ccccc3)cc2)n1. The van der Waals surface area contributed by atoms with Gasteiger partial charge in [-0.15, -0.1) is 11.3 Å². The van der Waals surface area contributed by atoms with Crippen molar-refractivity contribution in [2.75, 3.05) is 17.2 Å². The fourth-order valence-corrected chi connectivity index (χ4v) is 3.33. The van der Waals surface area contributed by atoms with Gasteiger partial charge in [0.2, 0.25) is 5.91 Å². The summed E-state index contributed by atoms with van der Waals surface area (Å²) < 4.78 is 4.93. The fraction of sp³-hybridized carbons (Fsp3) is 0.136. The van der Waals surface area contributed by atoms with E-state index in [0.29, 0.717) is 16.4 Å². The number of hydrogen-bond acceptors (Lipinski definition) is 7. The molecule has 0 aliphatic heterocycles. The van der Waals surface area contributed by atoms with Gasteiger partial charge in [0.15, 0.2) is 6.61 Å². The lowest BCUT2D eigenvalue weighted by atomic mass is 10.2. The van der Waals surface area contributed by atoms with Crippen molar-refractivity contribution in [3.8, 4) is 0 Å². The van der Waals surface area contributed by atoms with Crippen LogP contribution >= 0.6 is 11.3 Å². The van der Waals surface area contributed by atoms with Gasteiger partial charge in [-0.2, -0.15) is 0 Å². The number of urea groups is 1. The summed E-state index contributed by atoms with van der Waals surface area (Å²) in [6, 6.07) is 14.5. The van der Waals surface area contributed by atoms with Crippen LogP contribution in [-0.4, -0.2) is 35.4 Å². The minimum Gasteiger partial charge on any atom is -0.452 e. The number of hydrogen-bond donors (Lipinski definition) is 4. The smallest absolute Gasteiger partial charge is 0.338 e. The Morgan fingerprint density at radius 1 is 0.879 bits per heavy atom. The van der Waals surface area contributed by atoms with Gasteiger partial charge in [-0.25, -0.2) is 14.6 Å². The molecular weight excluding hydrogens is 446 g/mol. The van der Waals surface area contributed by atoms with Crippen LogP contribution in [0.1, 0.15) is 21.1 Å². The van der Waals surface area contributed by atoms with Crippen LogP contribution in [0, 0.1) is 6.92 Å². The molecule has 4 N–H and O–H groups in total. The molecule has 0 unspecified atom stereocenters. The van der Waals surface area contributed by atoms with Gasteiger partial charge < -0.3 is 15.4 Å². The summed E-state index contributed by atoms with van der Waals surface area (Å²) in [4.78, 5) is 51.9. The second-order valence-electron chi connectivity index (χ2n) is 6.75. The molecule has 0 radical (unpaired) electrons. The number of amides is 4. The third kappa shape index (κ3) is 7.74. The molecule has 1 aromatic heterocycles. The number of rotatable bonds is 7. The normalized spacial score (nSPS) is 10.1. The average molecular weight is 468 g/mol. The highest BCUT2D eigenvalue weighted by Crippen LogP contribution is 2.12. The van der Waals surface area contributed by atoms with Gasteiger partial charge in [0, 0.05) is 22.4 Å². The minimum absolute atomic E-state index is 0.0301. The lowest BCUT2D eigenvalue weighted by molar-refractivity contribution is -0.130. The predicted octanol–water partition coefficient (Wildman–Crippen LogP) is 2.64. The van der Waals surface area contributed by atoms with Crippen molar-refractivity contribution < 1.29 is 23.9 Å². The van der Waals surface area contributed by atoms with E-state index in [1.807, 2.05) is 18.4 Å². The highest BCUT2D eigenvalue weighted by molar-refractivity contribution is 7.09. The molecule has 170 valence electrons. The first kappa shape index (κ1) is 23.4. The maximum atomic E-state index is 12.1. The maximum absolute atomic E-state index is 12.1. The molecule has 3 aromatic rings. The van der Waals surface area contributed by atoms with E-state index in [2.05, 4.69) is 26.5 Å². The number of para-hydroxylation sites is 1. The number of nitrogens with zero attached hydrogens (tertiary/aromatic N) is 1. The predicted molar refractivity (Wildman–Crippen MR) is 123 cm³/mol. The van der Waals surface area contributed by atoms with Gasteiger partial charge in [-0.3, -0.25) is 20.4 Å². The number of esters is 1. The van der Waals surface area contributed by atoms with Gasteiger partial charge >= 0.3 is 12.0 Å². The molecule has 33 heavy (non-hydrogen) atoms. The molecule has 0 atom stereocenters. The van der Waals surface area contributed by atoms with Crippen LogP contribution in [0.5, 0.6) is 0 Å². The molecule has 11 heteroatoms. The maximum Gasteiger partial charge on any atom is 0.338 e. The number of anilines is 2. The monoisotopic (exact) mass is 467 g/mol. The summed E-state index contributed by atoms with van der Waals surface area (Å²) in [5.41, 5.74) is 6.53. The topological polar surface area (TPSA) is 139 Å². The van der Waals surface area contributed by atoms with Gasteiger partial charge in [0.05, 0.1) is 12.0 Å². The van der Waals surface area contributed by atoms with Crippen molar-refractivity contribution in [2.24, 2.45) is 0 Å². The van der Waals surface area contributed by atoms with Crippen LogP contribution in [0.15, 0.2) is 60.0 Å². The number of carbonyl (C=O) groups excluding carboxylic acids is 4. The first-order chi connectivity index (χ1) is 15.9. The fourth-order valence-electron chi connectivity index (χ4n) is 2.56. The quantitative estimate of drug-likeness (QED) is 0.311. The molecule has 0 spiro atoms. The number of aryl methyl sites for hydroxylation is 1. The van der Waals surface area contributed by atoms with E-state index in [1.165, 1.54) is 35.6 Å². The standard InChI is InChI=1S/C22H21N5O5S/c1-14-13-33-20(23-14)11-18(28)26-27-19(29)12-32-21(30)15-7-9-17(10-8-15)25-22(31)24-16-5-3-2-4-6-16/h2-10,13H,11-12H2,1H3,(H,26,28)(H,27,29)(H2,24,25,31). The zero-order chi connectivity index (χ0) is 23.6. The lowest BCUT2D eigenvalue weighted by Crippen LogP contribution is -2.44. The van der Waals surface area contributed by atoms with E-state index in [-0.39, 0.29) is 12.0 Å². The number of nitrogens with one attached hydrogen (secondary N) is 4. The molecule has 0 fully saturated rings. The van der Waals surface area contributed by atoms with E-state index in [9.17, 15) is 19.2 Å². The number of ether oxygens (including phenoxy) is 1. The van der Waals surface area contributed by atoms with Crippen molar-refractivity contribution in [1.29, 1.82) is 0 Å². The van der Waals surface area contributed by atoms with E-state index < -0.39 is 30.4 Å². The molecule has 0 aliphatic rings. The van der Waals surface area contributed by atoms with E-state index in [4.69, 9.17) is 4.74 Å². The summed E-state index contributed by atoms with van der Waals surface area (Å²) in [5, 5.41) is 7.77. The van der Waals surface area contributed by atoms with Crippen LogP contribution in [0.25, 0.3) is 0 Å². The second-order valence-corrected chi connectivity index (χ2v) is 7.70. The molecule has 0 saturated heterocycles. The van der Waals surface area contributed by atoms with Crippen molar-refractivity contribution in [3.05, 3.63) is 76.2 Å². The Labute approximate surface area is 193 Å². The lowest BCUT2D eigenvalue weighted by Gasteiger charge is -2.09. The Balaban J connectivity index is 1.38. The zero-order valence-electron chi connectivity index (χ0n) is 17.6. The van der Waals surface area contributed by atoms with E-state index >= 15 is 0 Å². The summed E-state index contributed by atoms with van der Waals surface area (Å²) in [5.74, 6) is -1.86. The highest BCUT2D eigenvalue weighted by Gasteiger charge is 2.12. The second kappa shape index (κ2) is 11.4. The molecule has 0 aliphatic carbocycles. The van der Waals surface area contributed by atoms with Crippen LogP contribution in [0.2, 0.25) is 0 Å². The van der Waals surface area contributed by atoms with Crippen LogP contribution in [-0.2, 0) is 20.7 Å². The summed E-state index contributed by atoms with van der Waals surface area (Å²) in [6.45, 7) is 1.25. The summed E-state index contributed by atoms with van der Waals surface area (Å²) in [7, 11) is 0. The molecule has 10 nitrogen and oxygen atoms in total. The number of hydrazine groups is 1. The third-order valence-corrected chi connectivity index (χ3v) is 5.03. The molecule has 1 heterocycles. The molecule has 2 aromatic carbocycles. The first-order valence-corrected chi connectivity index (χ1v) is 10.7. The van der Waals surface area contributed by atoms with Crippen molar-refractivity contribution in [3.63, 3.8) is 0 Å². The molecule has 0 bridgehead atoms. The largest absolute Gasteiger partial charge is 0.452 e. The molecular formula is C22H21N5O5S. The van der Waals surface area contributed by atoms with Gasteiger partial charge in [0.1, 0.15) is 5.01 Å². The van der Waals surface area contributed by atoms with Crippen molar-refractivity contribution in [2.45, 2.75) is 13.3 Å². The summed E-state index contributed by atoms with van der Waals surface area (Å²) in [6.07, 6.45) is 0.0301. The van der Waals surface area contributed by atoms with Gasteiger partial charge in [-0.1, -0.05) is 18.2 Å². The Kier molecular flexibility index (Phi) is 8.08. The third-order valence-electron chi connectivity index (χ3n) is 4.06. The van der Waals surface area contributed by atoms with E-state index in [1.54, 1.807) is 24.3 Å². The first-order valence-electron chi connectivity index (χ1n) is 9.78. The number of aromatic nitrogens is 1. The summed E-state index contributed by atoms with van der Waals surface area (Å²) >= 11 is 1.35. The highest BCUT2D eigenvalue weighted by atomic mass is 32.1. The molecule has 0 saturated carbocycles. The molecule has 3 rings (SSSR count). The molecule has 4 amide bonds. The van der Waals surface area contributed by atoms with E-state index in [0.717, 1.165) is 5.69 Å². The Hall–Kier alpha value is -4.25. The van der Waals surface area contributed by atoms with Gasteiger partial charge in [-0.05, 0) is 43.3 Å². The zero-order valence-corrected chi connectivity index (χ0v) is 18.4. The number of benzene rings is 2. The number of thiazole rings is 1. The average Bonchev–Trinajstić information content (AvgIpc) is 3.21.